The monoisotopic (exact) mass is 300 g/mol. The van der Waals surface area contributed by atoms with Crippen molar-refractivity contribution < 1.29 is 9.53 Å². The molecule has 4 rings (SSSR count). The minimum atomic E-state index is 0.0476. The molecule has 0 aromatic heterocycles. The van der Waals surface area contributed by atoms with E-state index in [2.05, 4.69) is 34.5 Å². The van der Waals surface area contributed by atoms with Crippen LogP contribution in [0.1, 0.15) is 31.2 Å². The number of hydrogen-bond acceptors (Lipinski definition) is 3. The fourth-order valence-electron chi connectivity index (χ4n) is 3.84. The highest BCUT2D eigenvalue weighted by Crippen LogP contribution is 2.33. The summed E-state index contributed by atoms with van der Waals surface area (Å²) in [6.45, 7) is 2.76. The smallest absolute Gasteiger partial charge is 0.226 e. The van der Waals surface area contributed by atoms with Crippen molar-refractivity contribution in [3.63, 3.8) is 0 Å². The molecule has 3 atom stereocenters. The Morgan fingerprint density at radius 3 is 2.77 bits per heavy atom. The molecule has 2 bridgehead atoms. The summed E-state index contributed by atoms with van der Waals surface area (Å²) in [5.74, 6) is 0.269. The molecule has 4 heteroatoms. The number of fused-ring (bicyclic) bond motifs is 2. The highest BCUT2D eigenvalue weighted by atomic mass is 16.5. The Hall–Kier alpha value is -1.39. The number of likely N-dealkylation sites (tertiary alicyclic amines) is 1. The Morgan fingerprint density at radius 2 is 2.05 bits per heavy atom. The van der Waals surface area contributed by atoms with E-state index in [1.807, 2.05) is 6.07 Å². The number of carbonyl (C=O) groups excluding carboxylic acids is 1. The second-order valence-corrected chi connectivity index (χ2v) is 6.95. The fraction of sp³-hybridized carbons (Fsp3) is 0.611. The van der Waals surface area contributed by atoms with Gasteiger partial charge in [-0.1, -0.05) is 30.3 Å². The van der Waals surface area contributed by atoms with Crippen LogP contribution < -0.4 is 5.32 Å². The summed E-state index contributed by atoms with van der Waals surface area (Å²) in [6, 6.07) is 11.0. The van der Waals surface area contributed by atoms with Gasteiger partial charge in [-0.25, -0.2) is 0 Å². The first-order valence-corrected chi connectivity index (χ1v) is 8.50. The summed E-state index contributed by atoms with van der Waals surface area (Å²) in [6.07, 6.45) is 4.72. The van der Waals surface area contributed by atoms with Crippen LogP contribution >= 0.6 is 0 Å². The van der Waals surface area contributed by atoms with Crippen LogP contribution in [-0.4, -0.2) is 42.1 Å². The summed E-state index contributed by atoms with van der Waals surface area (Å²) in [5.41, 5.74) is 1.33. The zero-order valence-corrected chi connectivity index (χ0v) is 12.9. The number of morpholine rings is 1. The van der Waals surface area contributed by atoms with E-state index in [0.29, 0.717) is 6.04 Å². The minimum Gasteiger partial charge on any atom is -0.371 e. The summed E-state index contributed by atoms with van der Waals surface area (Å²) in [4.78, 5) is 14.9. The van der Waals surface area contributed by atoms with Crippen LogP contribution in [-0.2, 0) is 16.1 Å². The van der Waals surface area contributed by atoms with Crippen LogP contribution in [0, 0.1) is 5.92 Å². The van der Waals surface area contributed by atoms with Crippen LogP contribution in [0.3, 0.4) is 0 Å². The topological polar surface area (TPSA) is 41.6 Å². The van der Waals surface area contributed by atoms with Crippen LogP contribution in [0.2, 0.25) is 0 Å². The van der Waals surface area contributed by atoms with Gasteiger partial charge in [-0.3, -0.25) is 9.69 Å². The second-order valence-electron chi connectivity index (χ2n) is 6.95. The molecule has 1 aromatic carbocycles. The number of benzene rings is 1. The van der Waals surface area contributed by atoms with Crippen molar-refractivity contribution >= 4 is 5.91 Å². The van der Waals surface area contributed by atoms with E-state index in [4.69, 9.17) is 4.74 Å². The van der Waals surface area contributed by atoms with Crippen molar-refractivity contribution in [1.29, 1.82) is 0 Å². The first-order valence-electron chi connectivity index (χ1n) is 8.50. The number of ether oxygens (including phenoxy) is 1. The molecule has 4 nitrogen and oxygen atoms in total. The molecule has 1 aromatic rings. The number of hydrogen-bond donors (Lipinski definition) is 1. The maximum atomic E-state index is 12.4. The van der Waals surface area contributed by atoms with Gasteiger partial charge in [-0.2, -0.15) is 0 Å². The molecular weight excluding hydrogens is 276 g/mol. The van der Waals surface area contributed by atoms with Crippen molar-refractivity contribution in [3.8, 4) is 0 Å². The lowest BCUT2D eigenvalue weighted by molar-refractivity contribution is -0.129. The Kier molecular flexibility index (Phi) is 3.89. The largest absolute Gasteiger partial charge is 0.371 e. The third kappa shape index (κ3) is 2.90. The number of rotatable bonds is 4. The molecule has 2 aliphatic heterocycles. The molecule has 0 unspecified atom stereocenters. The average molecular weight is 300 g/mol. The maximum absolute atomic E-state index is 12.4. The zero-order chi connectivity index (χ0) is 14.9. The molecule has 0 spiro atoms. The predicted molar refractivity (Wildman–Crippen MR) is 84.3 cm³/mol. The van der Waals surface area contributed by atoms with Crippen LogP contribution in [0.15, 0.2) is 30.3 Å². The Labute approximate surface area is 131 Å². The van der Waals surface area contributed by atoms with Gasteiger partial charge in [-0.05, 0) is 31.2 Å². The predicted octanol–water partition coefficient (Wildman–Crippen LogP) is 1.94. The molecule has 1 saturated carbocycles. The lowest BCUT2D eigenvalue weighted by atomic mass is 9.91. The first-order chi connectivity index (χ1) is 10.8. The summed E-state index contributed by atoms with van der Waals surface area (Å²) in [7, 11) is 0. The number of amides is 1. The van der Waals surface area contributed by atoms with Crippen LogP contribution in [0.4, 0.5) is 0 Å². The van der Waals surface area contributed by atoms with E-state index >= 15 is 0 Å². The average Bonchev–Trinajstić information content (AvgIpc) is 2.79. The van der Waals surface area contributed by atoms with E-state index in [-0.39, 0.29) is 24.0 Å². The van der Waals surface area contributed by atoms with Crippen LogP contribution in [0.5, 0.6) is 0 Å². The molecule has 2 saturated heterocycles. The summed E-state index contributed by atoms with van der Waals surface area (Å²) >= 11 is 0. The lowest BCUT2D eigenvalue weighted by Gasteiger charge is -2.33. The SMILES string of the molecule is O=C(NC1CCC1)[C@H]1C[C@@H]2CN(Cc3ccccc3)C[C@H]1O2. The molecule has 1 amide bonds. The van der Waals surface area contributed by atoms with Gasteiger partial charge in [0.2, 0.25) is 5.91 Å². The molecule has 118 valence electrons. The molecule has 0 radical (unpaired) electrons. The molecule has 22 heavy (non-hydrogen) atoms. The maximum Gasteiger partial charge on any atom is 0.226 e. The van der Waals surface area contributed by atoms with Gasteiger partial charge < -0.3 is 10.1 Å². The number of nitrogens with zero attached hydrogens (tertiary/aromatic N) is 1. The van der Waals surface area contributed by atoms with E-state index in [1.54, 1.807) is 0 Å². The third-order valence-electron chi connectivity index (χ3n) is 5.27. The van der Waals surface area contributed by atoms with E-state index in [1.165, 1.54) is 12.0 Å². The Balaban J connectivity index is 1.36. The number of carbonyl (C=O) groups is 1. The molecule has 3 aliphatic rings. The van der Waals surface area contributed by atoms with Crippen molar-refractivity contribution in [2.24, 2.45) is 5.92 Å². The van der Waals surface area contributed by atoms with Gasteiger partial charge in [0.25, 0.3) is 0 Å². The molecular formula is C18H24N2O2. The molecule has 1 aliphatic carbocycles. The normalized spacial score (nSPS) is 31.7. The lowest BCUT2D eigenvalue weighted by Crippen LogP contribution is -2.47. The van der Waals surface area contributed by atoms with E-state index in [0.717, 1.165) is 38.9 Å². The quantitative estimate of drug-likeness (QED) is 0.924. The first kappa shape index (κ1) is 14.2. The van der Waals surface area contributed by atoms with Gasteiger partial charge in [0.1, 0.15) is 0 Å². The third-order valence-corrected chi connectivity index (χ3v) is 5.27. The van der Waals surface area contributed by atoms with Crippen molar-refractivity contribution in [3.05, 3.63) is 35.9 Å². The Morgan fingerprint density at radius 1 is 1.23 bits per heavy atom. The van der Waals surface area contributed by atoms with Gasteiger partial charge in [0.15, 0.2) is 0 Å². The molecule has 2 heterocycles. The highest BCUT2D eigenvalue weighted by Gasteiger charge is 2.45. The molecule has 3 fully saturated rings. The summed E-state index contributed by atoms with van der Waals surface area (Å²) < 4.78 is 6.03. The molecule has 1 N–H and O–H groups in total. The van der Waals surface area contributed by atoms with Gasteiger partial charge in [0.05, 0.1) is 18.1 Å². The van der Waals surface area contributed by atoms with Gasteiger partial charge in [-0.15, -0.1) is 0 Å². The van der Waals surface area contributed by atoms with Gasteiger partial charge >= 0.3 is 0 Å². The highest BCUT2D eigenvalue weighted by molar-refractivity contribution is 5.80. The fourth-order valence-corrected chi connectivity index (χ4v) is 3.84. The van der Waals surface area contributed by atoms with Gasteiger partial charge in [0, 0.05) is 25.7 Å². The van der Waals surface area contributed by atoms with Crippen LogP contribution in [0.25, 0.3) is 0 Å². The summed E-state index contributed by atoms with van der Waals surface area (Å²) in [5, 5.41) is 3.20. The van der Waals surface area contributed by atoms with Crippen molar-refractivity contribution in [2.45, 2.75) is 50.5 Å². The standard InChI is InChI=1S/C18H24N2O2/c21-18(19-14-7-4-8-14)16-9-15-11-20(12-17(16)22-15)10-13-5-2-1-3-6-13/h1-3,5-6,14-17H,4,7-12H2,(H,19,21)/t15-,16+,17-/m1/s1. The minimum absolute atomic E-state index is 0.0476. The van der Waals surface area contributed by atoms with E-state index in [9.17, 15) is 4.79 Å². The van der Waals surface area contributed by atoms with Crippen molar-refractivity contribution in [1.82, 2.24) is 10.2 Å². The number of nitrogens with one attached hydrogen (secondary N) is 1. The zero-order valence-electron chi connectivity index (χ0n) is 12.9. The second kappa shape index (κ2) is 6.01. The van der Waals surface area contributed by atoms with E-state index < -0.39 is 0 Å². The Bertz CT molecular complexity index is 529. The van der Waals surface area contributed by atoms with Crippen molar-refractivity contribution in [2.75, 3.05) is 13.1 Å².